The second kappa shape index (κ2) is 7.06. The van der Waals surface area contributed by atoms with E-state index in [2.05, 4.69) is 9.88 Å². The van der Waals surface area contributed by atoms with Gasteiger partial charge in [0.1, 0.15) is 17.6 Å². The summed E-state index contributed by atoms with van der Waals surface area (Å²) in [6, 6.07) is 7.75. The van der Waals surface area contributed by atoms with E-state index in [1.807, 2.05) is 18.2 Å². The summed E-state index contributed by atoms with van der Waals surface area (Å²) in [6.07, 6.45) is 0.998. The molecule has 2 heterocycles. The first kappa shape index (κ1) is 15.4. The third-order valence-corrected chi connectivity index (χ3v) is 2.58. The minimum absolute atomic E-state index is 0.238. The molecule has 1 atom stereocenters. The third kappa shape index (κ3) is 4.55. The number of rotatable bonds is 1. The van der Waals surface area contributed by atoms with Gasteiger partial charge < -0.3 is 20.8 Å². The highest BCUT2D eigenvalue weighted by Gasteiger charge is 2.20. The zero-order valence-corrected chi connectivity index (χ0v) is 10.6. The van der Waals surface area contributed by atoms with E-state index in [1.54, 1.807) is 6.07 Å². The molecule has 0 aromatic carbocycles. The summed E-state index contributed by atoms with van der Waals surface area (Å²) in [6.45, 7) is 1.77. The topological polar surface area (TPSA) is 141 Å². The van der Waals surface area contributed by atoms with Gasteiger partial charge in [0.05, 0.1) is 0 Å². The molecule has 106 valence electrons. The fourth-order valence-electron chi connectivity index (χ4n) is 1.66. The Kier molecular flexibility index (Phi) is 5.43. The second-order valence-electron chi connectivity index (χ2n) is 4.10. The zero-order chi connectivity index (χ0) is 15.1. The SMILES string of the molecule is N#Cc1cccc(N2CCC(N)C2)n1.O=C(O)C(=O)O. The molecule has 20 heavy (non-hydrogen) atoms. The average molecular weight is 278 g/mol. The second-order valence-corrected chi connectivity index (χ2v) is 4.10. The van der Waals surface area contributed by atoms with Crippen LogP contribution in [0.5, 0.6) is 0 Å². The first-order chi connectivity index (χ1) is 9.43. The normalized spacial score (nSPS) is 16.8. The fraction of sp³-hybridized carbons (Fsp3) is 0.333. The van der Waals surface area contributed by atoms with Gasteiger partial charge in [-0.3, -0.25) is 0 Å². The Hall–Kier alpha value is -2.66. The molecule has 1 aliphatic heterocycles. The number of aromatic nitrogens is 1. The monoisotopic (exact) mass is 278 g/mol. The van der Waals surface area contributed by atoms with Crippen LogP contribution in [0.3, 0.4) is 0 Å². The van der Waals surface area contributed by atoms with Gasteiger partial charge in [0.2, 0.25) is 0 Å². The summed E-state index contributed by atoms with van der Waals surface area (Å²) in [5, 5.41) is 23.5. The molecule has 1 aliphatic rings. The number of carboxylic acids is 2. The summed E-state index contributed by atoms with van der Waals surface area (Å²) in [5.74, 6) is -2.79. The quantitative estimate of drug-likeness (QED) is 0.592. The van der Waals surface area contributed by atoms with E-state index in [0.29, 0.717) is 5.69 Å². The van der Waals surface area contributed by atoms with Gasteiger partial charge in [0, 0.05) is 19.1 Å². The number of pyridine rings is 1. The molecule has 0 saturated carbocycles. The highest BCUT2D eigenvalue weighted by atomic mass is 16.4. The van der Waals surface area contributed by atoms with Crippen LogP contribution in [0.2, 0.25) is 0 Å². The molecule has 0 radical (unpaired) electrons. The summed E-state index contributed by atoms with van der Waals surface area (Å²) < 4.78 is 0. The Morgan fingerprint density at radius 1 is 1.40 bits per heavy atom. The minimum atomic E-state index is -1.82. The van der Waals surface area contributed by atoms with E-state index < -0.39 is 11.9 Å². The Balaban J connectivity index is 0.000000286. The minimum Gasteiger partial charge on any atom is -0.473 e. The number of anilines is 1. The van der Waals surface area contributed by atoms with Crippen LogP contribution in [0.1, 0.15) is 12.1 Å². The molecule has 1 unspecified atom stereocenters. The predicted molar refractivity (Wildman–Crippen MR) is 69.0 cm³/mol. The van der Waals surface area contributed by atoms with Gasteiger partial charge in [0.25, 0.3) is 0 Å². The van der Waals surface area contributed by atoms with Crippen LogP contribution in [0.25, 0.3) is 0 Å². The van der Waals surface area contributed by atoms with Crippen LogP contribution in [-0.4, -0.2) is 46.3 Å². The molecule has 0 aliphatic carbocycles. The van der Waals surface area contributed by atoms with Crippen LogP contribution in [0, 0.1) is 11.3 Å². The first-order valence-electron chi connectivity index (χ1n) is 5.78. The Morgan fingerprint density at radius 2 is 2.05 bits per heavy atom. The van der Waals surface area contributed by atoms with Crippen molar-refractivity contribution in [1.29, 1.82) is 5.26 Å². The van der Waals surface area contributed by atoms with Crippen LogP contribution in [0.15, 0.2) is 18.2 Å². The zero-order valence-electron chi connectivity index (χ0n) is 10.6. The maximum absolute atomic E-state index is 9.10. The number of nitrogens with zero attached hydrogens (tertiary/aromatic N) is 3. The lowest BCUT2D eigenvalue weighted by atomic mass is 10.3. The van der Waals surface area contributed by atoms with Crippen LogP contribution in [0.4, 0.5) is 5.82 Å². The van der Waals surface area contributed by atoms with Gasteiger partial charge >= 0.3 is 11.9 Å². The number of hydrogen-bond donors (Lipinski definition) is 3. The fourth-order valence-corrected chi connectivity index (χ4v) is 1.66. The summed E-state index contributed by atoms with van der Waals surface area (Å²) >= 11 is 0. The third-order valence-electron chi connectivity index (χ3n) is 2.58. The maximum atomic E-state index is 9.10. The average Bonchev–Trinajstić information content (AvgIpc) is 2.86. The molecular formula is C12H14N4O4. The Morgan fingerprint density at radius 3 is 2.50 bits per heavy atom. The van der Waals surface area contributed by atoms with Crippen molar-refractivity contribution in [2.75, 3.05) is 18.0 Å². The number of carboxylic acid groups (broad SMARTS) is 2. The highest BCUT2D eigenvalue weighted by molar-refractivity contribution is 6.27. The predicted octanol–water partition coefficient (Wildman–Crippen LogP) is -0.354. The standard InChI is InChI=1S/C10H12N4.C2H2O4/c11-6-9-2-1-3-10(13-9)14-5-4-8(12)7-14;3-1(4)2(5)6/h1-3,8H,4-5,7,12H2;(H,3,4)(H,5,6). The van der Waals surface area contributed by atoms with Crippen molar-refractivity contribution >= 4 is 17.8 Å². The Labute approximate surface area is 115 Å². The van der Waals surface area contributed by atoms with E-state index in [4.69, 9.17) is 30.8 Å². The Bertz CT molecular complexity index is 529. The molecular weight excluding hydrogens is 264 g/mol. The summed E-state index contributed by atoms with van der Waals surface area (Å²) in [4.78, 5) is 24.5. The molecule has 4 N–H and O–H groups in total. The molecule has 1 aromatic heterocycles. The molecule has 2 rings (SSSR count). The van der Waals surface area contributed by atoms with Gasteiger partial charge in [-0.15, -0.1) is 0 Å². The molecule has 8 heteroatoms. The van der Waals surface area contributed by atoms with Crippen molar-refractivity contribution in [3.05, 3.63) is 23.9 Å². The smallest absolute Gasteiger partial charge is 0.414 e. The van der Waals surface area contributed by atoms with Gasteiger partial charge in [-0.25, -0.2) is 14.6 Å². The first-order valence-corrected chi connectivity index (χ1v) is 5.78. The van der Waals surface area contributed by atoms with Crippen LogP contribution >= 0.6 is 0 Å². The summed E-state index contributed by atoms with van der Waals surface area (Å²) in [7, 11) is 0. The van der Waals surface area contributed by atoms with Crippen LogP contribution in [-0.2, 0) is 9.59 Å². The number of carbonyl (C=O) groups is 2. The highest BCUT2D eigenvalue weighted by Crippen LogP contribution is 2.16. The van der Waals surface area contributed by atoms with Gasteiger partial charge in [-0.05, 0) is 18.6 Å². The van der Waals surface area contributed by atoms with Gasteiger partial charge in [-0.1, -0.05) is 6.07 Å². The molecule has 0 spiro atoms. The summed E-state index contributed by atoms with van der Waals surface area (Å²) in [5.41, 5.74) is 6.26. The van der Waals surface area contributed by atoms with E-state index >= 15 is 0 Å². The molecule has 0 amide bonds. The molecule has 1 saturated heterocycles. The number of aliphatic carboxylic acids is 2. The lowest BCUT2D eigenvalue weighted by molar-refractivity contribution is -0.159. The van der Waals surface area contributed by atoms with E-state index in [-0.39, 0.29) is 6.04 Å². The van der Waals surface area contributed by atoms with E-state index in [9.17, 15) is 0 Å². The maximum Gasteiger partial charge on any atom is 0.414 e. The van der Waals surface area contributed by atoms with Crippen molar-refractivity contribution in [1.82, 2.24) is 4.98 Å². The molecule has 0 bridgehead atoms. The van der Waals surface area contributed by atoms with Crippen molar-refractivity contribution in [2.24, 2.45) is 5.73 Å². The van der Waals surface area contributed by atoms with Crippen molar-refractivity contribution in [3.63, 3.8) is 0 Å². The van der Waals surface area contributed by atoms with Crippen molar-refractivity contribution in [2.45, 2.75) is 12.5 Å². The number of nitriles is 1. The van der Waals surface area contributed by atoms with Crippen molar-refractivity contribution < 1.29 is 19.8 Å². The van der Waals surface area contributed by atoms with Crippen LogP contribution < -0.4 is 10.6 Å². The van der Waals surface area contributed by atoms with Crippen molar-refractivity contribution in [3.8, 4) is 6.07 Å². The number of nitrogens with two attached hydrogens (primary N) is 1. The van der Waals surface area contributed by atoms with E-state index in [0.717, 1.165) is 25.3 Å². The molecule has 8 nitrogen and oxygen atoms in total. The lowest BCUT2D eigenvalue weighted by Gasteiger charge is -2.16. The van der Waals surface area contributed by atoms with Gasteiger partial charge in [-0.2, -0.15) is 5.26 Å². The molecule has 1 aromatic rings. The number of hydrogen-bond acceptors (Lipinski definition) is 6. The lowest BCUT2D eigenvalue weighted by Crippen LogP contribution is -2.26. The largest absolute Gasteiger partial charge is 0.473 e. The van der Waals surface area contributed by atoms with Gasteiger partial charge in [0.15, 0.2) is 0 Å². The van der Waals surface area contributed by atoms with E-state index in [1.165, 1.54) is 0 Å². The molecule has 1 fully saturated rings.